The van der Waals surface area contributed by atoms with E-state index in [1.807, 2.05) is 0 Å². The van der Waals surface area contributed by atoms with Crippen molar-refractivity contribution in [3.05, 3.63) is 79.9 Å². The van der Waals surface area contributed by atoms with Crippen molar-refractivity contribution in [2.75, 3.05) is 12.3 Å². The lowest BCUT2D eigenvalue weighted by Gasteiger charge is -2.16. The predicted molar refractivity (Wildman–Crippen MR) is 109 cm³/mol. The van der Waals surface area contributed by atoms with Crippen molar-refractivity contribution in [3.63, 3.8) is 0 Å². The summed E-state index contributed by atoms with van der Waals surface area (Å²) in [6.07, 6.45) is 1.53. The Hall–Kier alpha value is -3.24. The fraction of sp³-hybridized carbons (Fsp3) is 0.105. The second-order valence-electron chi connectivity index (χ2n) is 6.15. The van der Waals surface area contributed by atoms with Crippen LogP contribution in [-0.4, -0.2) is 38.2 Å². The van der Waals surface area contributed by atoms with Gasteiger partial charge in [-0.3, -0.25) is 14.9 Å². The highest BCUT2D eigenvalue weighted by Gasteiger charge is 2.28. The second kappa shape index (κ2) is 8.25. The molecule has 0 bridgehead atoms. The minimum Gasteiger partial charge on any atom is -0.334 e. The van der Waals surface area contributed by atoms with Crippen LogP contribution < -0.4 is 0 Å². The minimum atomic E-state index is -0.642. The van der Waals surface area contributed by atoms with Gasteiger partial charge in [0, 0.05) is 30.0 Å². The van der Waals surface area contributed by atoms with Gasteiger partial charge in [0.25, 0.3) is 17.5 Å². The third-order valence-corrected chi connectivity index (χ3v) is 5.61. The number of nitro groups is 1. The Morgan fingerprint density at radius 2 is 2.13 bits per heavy atom. The maximum Gasteiger partial charge on any atom is 0.288 e. The normalized spacial score (nSPS) is 15.0. The van der Waals surface area contributed by atoms with Gasteiger partial charge in [-0.15, -0.1) is 11.8 Å². The van der Waals surface area contributed by atoms with Crippen molar-refractivity contribution in [1.82, 2.24) is 15.0 Å². The number of hydrogen-bond donors (Lipinski definition) is 0. The average Bonchev–Trinajstić information content (AvgIpc) is 3.38. The third kappa shape index (κ3) is 3.91. The van der Waals surface area contributed by atoms with Crippen LogP contribution >= 0.6 is 23.4 Å². The summed E-state index contributed by atoms with van der Waals surface area (Å²) in [6, 6.07) is 9.94. The molecule has 1 amide bonds. The molecule has 1 saturated heterocycles. The van der Waals surface area contributed by atoms with Gasteiger partial charge in [0.2, 0.25) is 5.82 Å². The third-order valence-electron chi connectivity index (χ3n) is 4.27. The molecule has 2 aromatic carbocycles. The molecule has 30 heavy (non-hydrogen) atoms. The smallest absolute Gasteiger partial charge is 0.288 e. The van der Waals surface area contributed by atoms with Crippen LogP contribution in [-0.2, 0) is 0 Å². The number of benzene rings is 2. The molecule has 0 atom stereocenters. The molecule has 0 aliphatic carbocycles. The van der Waals surface area contributed by atoms with Crippen LogP contribution in [0.3, 0.4) is 0 Å². The molecule has 152 valence electrons. The number of amides is 1. The van der Waals surface area contributed by atoms with Crippen LogP contribution in [0.15, 0.2) is 52.0 Å². The predicted octanol–water partition coefficient (Wildman–Crippen LogP) is 4.62. The van der Waals surface area contributed by atoms with E-state index in [4.69, 9.17) is 16.1 Å². The average molecular weight is 447 g/mol. The largest absolute Gasteiger partial charge is 0.334 e. The van der Waals surface area contributed by atoms with Gasteiger partial charge in [-0.1, -0.05) is 28.9 Å². The zero-order chi connectivity index (χ0) is 21.3. The van der Waals surface area contributed by atoms with Crippen molar-refractivity contribution in [2.24, 2.45) is 0 Å². The highest BCUT2D eigenvalue weighted by Crippen LogP contribution is 2.33. The van der Waals surface area contributed by atoms with Crippen LogP contribution in [0.5, 0.6) is 0 Å². The van der Waals surface area contributed by atoms with Crippen LogP contribution in [0.2, 0.25) is 5.02 Å². The molecule has 1 aromatic heterocycles. The summed E-state index contributed by atoms with van der Waals surface area (Å²) in [7, 11) is 0. The molecular weight excluding hydrogens is 435 g/mol. The molecule has 0 N–H and O–H groups in total. The van der Waals surface area contributed by atoms with E-state index < -0.39 is 16.6 Å². The van der Waals surface area contributed by atoms with Gasteiger partial charge in [0.1, 0.15) is 10.8 Å². The van der Waals surface area contributed by atoms with E-state index in [9.17, 15) is 19.3 Å². The van der Waals surface area contributed by atoms with Crippen LogP contribution in [0.1, 0.15) is 16.2 Å². The van der Waals surface area contributed by atoms with Crippen molar-refractivity contribution in [1.29, 1.82) is 0 Å². The molecule has 0 spiro atoms. The van der Waals surface area contributed by atoms with Crippen LogP contribution in [0.25, 0.3) is 17.5 Å². The van der Waals surface area contributed by atoms with E-state index in [-0.39, 0.29) is 33.6 Å². The number of thioether (sulfide) groups is 1. The summed E-state index contributed by atoms with van der Waals surface area (Å²) in [5.74, 6) is -0.0675. The Labute approximate surface area is 178 Å². The molecule has 4 rings (SSSR count). The van der Waals surface area contributed by atoms with Gasteiger partial charge in [0.05, 0.1) is 15.5 Å². The fourth-order valence-electron chi connectivity index (χ4n) is 2.84. The maximum absolute atomic E-state index is 13.9. The number of aromatic nitrogens is 2. The summed E-state index contributed by atoms with van der Waals surface area (Å²) in [6.45, 7) is 0.403. The Balaban J connectivity index is 1.61. The molecule has 0 unspecified atom stereocenters. The molecule has 0 saturated carbocycles. The van der Waals surface area contributed by atoms with Gasteiger partial charge in [-0.2, -0.15) is 4.98 Å². The van der Waals surface area contributed by atoms with Gasteiger partial charge in [0.15, 0.2) is 0 Å². The summed E-state index contributed by atoms with van der Waals surface area (Å²) < 4.78 is 19.1. The van der Waals surface area contributed by atoms with Crippen molar-refractivity contribution >= 4 is 41.0 Å². The number of carbonyl (C=O) groups is 1. The zero-order valence-electron chi connectivity index (χ0n) is 15.1. The molecule has 1 aliphatic heterocycles. The number of nitrogens with zero attached hydrogens (tertiary/aromatic N) is 4. The molecular formula is C19H12ClFN4O4S. The first kappa shape index (κ1) is 20.0. The Bertz CT molecular complexity index is 1180. The van der Waals surface area contributed by atoms with E-state index in [0.717, 1.165) is 6.07 Å². The van der Waals surface area contributed by atoms with E-state index in [2.05, 4.69) is 10.1 Å². The Morgan fingerprint density at radius 1 is 1.33 bits per heavy atom. The lowest BCUT2D eigenvalue weighted by atomic mass is 10.1. The Kier molecular flexibility index (Phi) is 5.51. The van der Waals surface area contributed by atoms with Crippen molar-refractivity contribution in [2.45, 2.75) is 0 Å². The lowest BCUT2D eigenvalue weighted by Crippen LogP contribution is -2.26. The van der Waals surface area contributed by atoms with Crippen LogP contribution in [0, 0.1) is 15.9 Å². The number of carbonyl (C=O) groups excluding carboxylic acids is 1. The topological polar surface area (TPSA) is 102 Å². The van der Waals surface area contributed by atoms with Gasteiger partial charge < -0.3 is 9.42 Å². The Morgan fingerprint density at radius 3 is 2.90 bits per heavy atom. The molecule has 0 radical (unpaired) electrons. The summed E-state index contributed by atoms with van der Waals surface area (Å²) in [5.41, 5.74) is -0.00483. The molecule has 11 heteroatoms. The van der Waals surface area contributed by atoms with Gasteiger partial charge in [-0.05, 0) is 24.3 Å². The van der Waals surface area contributed by atoms with Gasteiger partial charge in [-0.25, -0.2) is 4.39 Å². The summed E-state index contributed by atoms with van der Waals surface area (Å²) in [4.78, 5) is 29.0. The van der Waals surface area contributed by atoms with E-state index in [1.165, 1.54) is 47.0 Å². The quantitative estimate of drug-likeness (QED) is 0.425. The SMILES string of the molecule is O=C(c1ccc(Cl)c([N+](=O)[O-])c1)N1CCS/C1=C/c1nc(-c2ccccc2F)no1. The first-order valence-electron chi connectivity index (χ1n) is 8.63. The number of nitro benzene ring substituents is 1. The summed E-state index contributed by atoms with van der Waals surface area (Å²) in [5, 5.41) is 15.4. The van der Waals surface area contributed by atoms with E-state index in [0.29, 0.717) is 17.3 Å². The zero-order valence-corrected chi connectivity index (χ0v) is 16.7. The molecule has 8 nitrogen and oxygen atoms in total. The highest BCUT2D eigenvalue weighted by molar-refractivity contribution is 8.03. The molecule has 3 aromatic rings. The van der Waals surface area contributed by atoms with Crippen molar-refractivity contribution in [3.8, 4) is 11.4 Å². The van der Waals surface area contributed by atoms with Crippen molar-refractivity contribution < 1.29 is 18.6 Å². The van der Waals surface area contributed by atoms with E-state index in [1.54, 1.807) is 12.1 Å². The fourth-order valence-corrected chi connectivity index (χ4v) is 4.03. The number of halogens is 2. The summed E-state index contributed by atoms with van der Waals surface area (Å²) >= 11 is 7.21. The van der Waals surface area contributed by atoms with Gasteiger partial charge >= 0.3 is 0 Å². The highest BCUT2D eigenvalue weighted by atomic mass is 35.5. The minimum absolute atomic E-state index is 0.0466. The molecule has 1 aliphatic rings. The standard InChI is InChI=1S/C19H12ClFN4O4S/c20-13-6-5-11(9-15(13)25(27)28)19(26)24-7-8-30-17(24)10-16-22-18(23-29-16)12-3-1-2-4-14(12)21/h1-6,9-10H,7-8H2/b17-10+. The molecule has 1 fully saturated rings. The number of rotatable bonds is 4. The lowest BCUT2D eigenvalue weighted by molar-refractivity contribution is -0.384. The second-order valence-corrected chi connectivity index (χ2v) is 7.67. The monoisotopic (exact) mass is 446 g/mol. The first-order chi connectivity index (χ1) is 14.4. The molecule has 2 heterocycles. The maximum atomic E-state index is 13.9. The van der Waals surface area contributed by atoms with E-state index >= 15 is 0 Å². The number of hydrogen-bond acceptors (Lipinski definition) is 7. The van der Waals surface area contributed by atoms with Crippen LogP contribution in [0.4, 0.5) is 10.1 Å². The first-order valence-corrected chi connectivity index (χ1v) is 9.99.